The average Bonchev–Trinajstić information content (AvgIpc) is 2.56. The highest BCUT2D eigenvalue weighted by Crippen LogP contribution is 2.20. The van der Waals surface area contributed by atoms with Crippen molar-refractivity contribution in [1.82, 2.24) is 5.32 Å². The summed E-state index contributed by atoms with van der Waals surface area (Å²) < 4.78 is 0. The van der Waals surface area contributed by atoms with E-state index in [2.05, 4.69) is 17.2 Å². The van der Waals surface area contributed by atoms with Crippen molar-refractivity contribution in [3.63, 3.8) is 0 Å². The van der Waals surface area contributed by atoms with Gasteiger partial charge in [-0.05, 0) is 42.8 Å². The third-order valence-corrected chi connectivity index (χ3v) is 3.20. The second-order valence-corrected chi connectivity index (χ2v) is 4.83. The molecule has 2 aromatic rings. The van der Waals surface area contributed by atoms with Gasteiger partial charge in [-0.25, -0.2) is 0 Å². The maximum absolute atomic E-state index is 11.5. The van der Waals surface area contributed by atoms with Crippen LogP contribution in [0.4, 0.5) is 11.4 Å². The lowest BCUT2D eigenvalue weighted by molar-refractivity contribution is -0.116. The van der Waals surface area contributed by atoms with Gasteiger partial charge in [0.2, 0.25) is 5.91 Å². The second kappa shape index (κ2) is 7.84. The molecular formula is C19H20N2O. The molecule has 0 aliphatic rings. The molecule has 2 N–H and O–H groups in total. The predicted molar refractivity (Wildman–Crippen MR) is 92.1 cm³/mol. The van der Waals surface area contributed by atoms with Crippen LogP contribution in [0.3, 0.4) is 0 Å². The lowest BCUT2D eigenvalue weighted by atomic mass is 10.1. The van der Waals surface area contributed by atoms with Crippen LogP contribution in [0.1, 0.15) is 18.5 Å². The lowest BCUT2D eigenvalue weighted by Gasteiger charge is -2.15. The zero-order valence-corrected chi connectivity index (χ0v) is 12.6. The van der Waals surface area contributed by atoms with Crippen LogP contribution in [0.15, 0.2) is 79.4 Å². The molecular weight excluding hydrogens is 272 g/mol. The standard InChI is InChI=1S/C19H20N2O/c1-3-8-18(21-19(22)4-2)15-11-13-17(14-12-15)20-16-9-6-5-7-10-16/h3-14,18,20H,2H2,1H3,(H,21,22)/b8-3+. The van der Waals surface area contributed by atoms with Crippen molar-refractivity contribution in [3.8, 4) is 0 Å². The smallest absolute Gasteiger partial charge is 0.244 e. The minimum absolute atomic E-state index is 0.152. The van der Waals surface area contributed by atoms with Gasteiger partial charge < -0.3 is 10.6 Å². The topological polar surface area (TPSA) is 41.1 Å². The van der Waals surface area contributed by atoms with Crippen LogP contribution in [0.2, 0.25) is 0 Å². The van der Waals surface area contributed by atoms with Gasteiger partial charge in [0, 0.05) is 11.4 Å². The first-order valence-electron chi connectivity index (χ1n) is 7.20. The number of allylic oxidation sites excluding steroid dienone is 1. The summed E-state index contributed by atoms with van der Waals surface area (Å²) >= 11 is 0. The lowest BCUT2D eigenvalue weighted by Crippen LogP contribution is -2.25. The van der Waals surface area contributed by atoms with Crippen molar-refractivity contribution < 1.29 is 4.79 Å². The number of carbonyl (C=O) groups excluding carboxylic acids is 1. The predicted octanol–water partition coefficient (Wildman–Crippen LogP) is 4.35. The van der Waals surface area contributed by atoms with Crippen molar-refractivity contribution in [2.75, 3.05) is 5.32 Å². The Kier molecular flexibility index (Phi) is 5.55. The van der Waals surface area contributed by atoms with Crippen molar-refractivity contribution in [2.24, 2.45) is 0 Å². The van der Waals surface area contributed by atoms with Crippen molar-refractivity contribution in [3.05, 3.63) is 85.0 Å². The van der Waals surface area contributed by atoms with Crippen LogP contribution < -0.4 is 10.6 Å². The van der Waals surface area contributed by atoms with E-state index in [1.54, 1.807) is 0 Å². The summed E-state index contributed by atoms with van der Waals surface area (Å²) in [5.74, 6) is -0.186. The summed E-state index contributed by atoms with van der Waals surface area (Å²) in [4.78, 5) is 11.5. The molecule has 0 aromatic heterocycles. The SMILES string of the molecule is C=CC(=O)NC(/C=C/C)c1ccc(Nc2ccccc2)cc1. The Morgan fingerprint density at radius 3 is 2.27 bits per heavy atom. The van der Waals surface area contributed by atoms with Gasteiger partial charge in [0.25, 0.3) is 0 Å². The van der Waals surface area contributed by atoms with Crippen LogP contribution in [-0.2, 0) is 4.79 Å². The van der Waals surface area contributed by atoms with Crippen molar-refractivity contribution in [1.29, 1.82) is 0 Å². The van der Waals surface area contributed by atoms with Gasteiger partial charge in [-0.1, -0.05) is 49.1 Å². The summed E-state index contributed by atoms with van der Waals surface area (Å²) in [6.45, 7) is 5.41. The van der Waals surface area contributed by atoms with Crippen LogP contribution in [0.25, 0.3) is 0 Å². The first kappa shape index (κ1) is 15.6. The fourth-order valence-corrected chi connectivity index (χ4v) is 2.11. The highest BCUT2D eigenvalue weighted by atomic mass is 16.1. The van der Waals surface area contributed by atoms with Gasteiger partial charge in [0.1, 0.15) is 0 Å². The van der Waals surface area contributed by atoms with Crippen LogP contribution >= 0.6 is 0 Å². The van der Waals surface area contributed by atoms with Crippen molar-refractivity contribution in [2.45, 2.75) is 13.0 Å². The average molecular weight is 292 g/mol. The Bertz CT molecular complexity index is 645. The molecule has 2 rings (SSSR count). The van der Waals surface area contributed by atoms with E-state index in [9.17, 15) is 4.79 Å². The quantitative estimate of drug-likeness (QED) is 0.614. The molecule has 0 radical (unpaired) electrons. The number of rotatable bonds is 6. The molecule has 1 atom stereocenters. The minimum atomic E-state index is -0.186. The van der Waals surface area contributed by atoms with Crippen LogP contribution in [0, 0.1) is 0 Å². The number of anilines is 2. The molecule has 0 aliphatic heterocycles. The first-order chi connectivity index (χ1) is 10.7. The monoisotopic (exact) mass is 292 g/mol. The zero-order chi connectivity index (χ0) is 15.8. The zero-order valence-electron chi connectivity index (χ0n) is 12.6. The molecule has 2 aromatic carbocycles. The Balaban J connectivity index is 2.12. The Labute approximate surface area is 131 Å². The van der Waals surface area contributed by atoms with Gasteiger partial charge in [-0.2, -0.15) is 0 Å². The van der Waals surface area contributed by atoms with Gasteiger partial charge >= 0.3 is 0 Å². The van der Waals surface area contributed by atoms with E-state index in [1.165, 1.54) is 6.08 Å². The normalized spacial score (nSPS) is 11.9. The van der Waals surface area contributed by atoms with E-state index in [0.29, 0.717) is 0 Å². The minimum Gasteiger partial charge on any atom is -0.356 e. The third kappa shape index (κ3) is 4.35. The maximum atomic E-state index is 11.5. The number of amides is 1. The van der Waals surface area contributed by atoms with E-state index >= 15 is 0 Å². The molecule has 0 aliphatic carbocycles. The summed E-state index contributed by atoms with van der Waals surface area (Å²) in [5, 5.41) is 6.22. The van der Waals surface area contributed by atoms with E-state index < -0.39 is 0 Å². The summed E-state index contributed by atoms with van der Waals surface area (Å²) in [7, 11) is 0. The molecule has 1 unspecified atom stereocenters. The highest BCUT2D eigenvalue weighted by Gasteiger charge is 2.09. The first-order valence-corrected chi connectivity index (χ1v) is 7.20. The molecule has 1 amide bonds. The summed E-state index contributed by atoms with van der Waals surface area (Å²) in [5.41, 5.74) is 3.07. The molecule has 0 heterocycles. The van der Waals surface area contributed by atoms with Gasteiger partial charge in [-0.15, -0.1) is 0 Å². The number of nitrogens with one attached hydrogen (secondary N) is 2. The third-order valence-electron chi connectivity index (χ3n) is 3.20. The number of carbonyl (C=O) groups is 1. The number of hydrogen-bond donors (Lipinski definition) is 2. The fourth-order valence-electron chi connectivity index (χ4n) is 2.11. The number of hydrogen-bond acceptors (Lipinski definition) is 2. The molecule has 3 heteroatoms. The Hall–Kier alpha value is -2.81. The van der Waals surface area contributed by atoms with E-state index in [0.717, 1.165) is 16.9 Å². The van der Waals surface area contributed by atoms with E-state index in [1.807, 2.05) is 73.7 Å². The van der Waals surface area contributed by atoms with Crippen molar-refractivity contribution >= 4 is 17.3 Å². The molecule has 0 spiro atoms. The van der Waals surface area contributed by atoms with Gasteiger partial charge in [0.15, 0.2) is 0 Å². The van der Waals surface area contributed by atoms with Crippen LogP contribution in [-0.4, -0.2) is 5.91 Å². The van der Waals surface area contributed by atoms with Gasteiger partial charge in [-0.3, -0.25) is 4.79 Å². The second-order valence-electron chi connectivity index (χ2n) is 4.83. The Morgan fingerprint density at radius 2 is 1.68 bits per heavy atom. The Morgan fingerprint density at radius 1 is 1.05 bits per heavy atom. The largest absolute Gasteiger partial charge is 0.356 e. The maximum Gasteiger partial charge on any atom is 0.244 e. The van der Waals surface area contributed by atoms with E-state index in [-0.39, 0.29) is 11.9 Å². The molecule has 112 valence electrons. The molecule has 0 bridgehead atoms. The molecule has 3 nitrogen and oxygen atoms in total. The number of para-hydroxylation sites is 1. The number of benzene rings is 2. The summed E-state index contributed by atoms with van der Waals surface area (Å²) in [6, 6.07) is 17.8. The molecule has 0 saturated heterocycles. The van der Waals surface area contributed by atoms with E-state index in [4.69, 9.17) is 0 Å². The van der Waals surface area contributed by atoms with Gasteiger partial charge in [0.05, 0.1) is 6.04 Å². The molecule has 22 heavy (non-hydrogen) atoms. The molecule has 0 fully saturated rings. The molecule has 0 saturated carbocycles. The van der Waals surface area contributed by atoms with Crippen LogP contribution in [0.5, 0.6) is 0 Å². The fraction of sp³-hybridized carbons (Fsp3) is 0.105. The highest BCUT2D eigenvalue weighted by molar-refractivity contribution is 5.87. The summed E-state index contributed by atoms with van der Waals surface area (Å²) in [6.07, 6.45) is 5.15.